The molecule has 0 fully saturated rings. The van der Waals surface area contributed by atoms with Crippen molar-refractivity contribution in [2.24, 2.45) is 10.9 Å². The molecule has 15 heavy (non-hydrogen) atoms. The molecular formula is C11H20N2O2. The van der Waals surface area contributed by atoms with Crippen molar-refractivity contribution < 1.29 is 9.53 Å². The van der Waals surface area contributed by atoms with E-state index in [0.717, 1.165) is 18.7 Å². The molecule has 1 aliphatic heterocycles. The summed E-state index contributed by atoms with van der Waals surface area (Å²) in [7, 11) is 0. The number of carbonyl (C=O) groups excluding carboxylic acids is 1. The number of hydrogen-bond acceptors (Lipinski definition) is 4. The van der Waals surface area contributed by atoms with Crippen molar-refractivity contribution in [1.29, 1.82) is 0 Å². The van der Waals surface area contributed by atoms with Crippen LogP contribution in [0.15, 0.2) is 4.99 Å². The standard InChI is InChI=1S/C11H20N2O2/c1-4-15-10(14)6-5-9-7-12-11(13-9)8(2)3/h8,11-12H,4-7H2,1-3H3. The van der Waals surface area contributed by atoms with E-state index in [1.165, 1.54) is 0 Å². The fourth-order valence-corrected chi connectivity index (χ4v) is 1.53. The molecule has 0 amide bonds. The molecule has 0 aromatic heterocycles. The molecule has 1 N–H and O–H groups in total. The van der Waals surface area contributed by atoms with Crippen molar-refractivity contribution in [3.8, 4) is 0 Å². The molecule has 0 spiro atoms. The Morgan fingerprint density at radius 3 is 2.93 bits per heavy atom. The van der Waals surface area contributed by atoms with E-state index in [2.05, 4.69) is 24.2 Å². The van der Waals surface area contributed by atoms with Crippen LogP contribution in [0.3, 0.4) is 0 Å². The first-order valence-electron chi connectivity index (χ1n) is 5.58. The van der Waals surface area contributed by atoms with Gasteiger partial charge >= 0.3 is 5.97 Å². The van der Waals surface area contributed by atoms with Gasteiger partial charge in [-0.3, -0.25) is 15.1 Å². The Morgan fingerprint density at radius 1 is 1.67 bits per heavy atom. The fourth-order valence-electron chi connectivity index (χ4n) is 1.53. The van der Waals surface area contributed by atoms with Gasteiger partial charge in [-0.25, -0.2) is 0 Å². The third-order valence-electron chi connectivity index (χ3n) is 2.39. The summed E-state index contributed by atoms with van der Waals surface area (Å²) in [5.74, 6) is 0.373. The van der Waals surface area contributed by atoms with Crippen molar-refractivity contribution >= 4 is 11.7 Å². The lowest BCUT2D eigenvalue weighted by molar-refractivity contribution is -0.142. The van der Waals surface area contributed by atoms with Crippen molar-refractivity contribution in [2.75, 3.05) is 13.2 Å². The molecule has 1 heterocycles. The number of ether oxygens (including phenoxy) is 1. The summed E-state index contributed by atoms with van der Waals surface area (Å²) in [4.78, 5) is 15.6. The molecule has 0 aromatic rings. The quantitative estimate of drug-likeness (QED) is 0.700. The molecule has 0 saturated heterocycles. The number of aliphatic imine (C=N–C) groups is 1. The maximum absolute atomic E-state index is 11.1. The summed E-state index contributed by atoms with van der Waals surface area (Å²) in [5.41, 5.74) is 1.08. The van der Waals surface area contributed by atoms with Gasteiger partial charge in [-0.05, 0) is 19.3 Å². The van der Waals surface area contributed by atoms with E-state index in [4.69, 9.17) is 4.74 Å². The smallest absolute Gasteiger partial charge is 0.306 e. The predicted octanol–water partition coefficient (Wildman–Crippen LogP) is 1.36. The highest BCUT2D eigenvalue weighted by Gasteiger charge is 2.19. The molecule has 0 saturated carbocycles. The molecule has 1 atom stereocenters. The van der Waals surface area contributed by atoms with E-state index < -0.39 is 0 Å². The fraction of sp³-hybridized carbons (Fsp3) is 0.818. The van der Waals surface area contributed by atoms with Gasteiger partial charge in [0.05, 0.1) is 13.0 Å². The van der Waals surface area contributed by atoms with Gasteiger partial charge in [-0.1, -0.05) is 13.8 Å². The summed E-state index contributed by atoms with van der Waals surface area (Å²) in [6.45, 7) is 7.35. The van der Waals surface area contributed by atoms with E-state index in [0.29, 0.717) is 18.9 Å². The molecule has 1 unspecified atom stereocenters. The maximum atomic E-state index is 11.1. The maximum Gasteiger partial charge on any atom is 0.306 e. The average molecular weight is 212 g/mol. The van der Waals surface area contributed by atoms with Gasteiger partial charge in [0.2, 0.25) is 0 Å². The number of nitrogens with zero attached hydrogens (tertiary/aromatic N) is 1. The molecule has 1 aliphatic rings. The summed E-state index contributed by atoms with van der Waals surface area (Å²) >= 11 is 0. The van der Waals surface area contributed by atoms with Crippen LogP contribution < -0.4 is 5.32 Å². The van der Waals surface area contributed by atoms with Gasteiger partial charge in [-0.2, -0.15) is 0 Å². The second-order valence-electron chi connectivity index (χ2n) is 4.07. The Kier molecular flexibility index (Phi) is 4.75. The lowest BCUT2D eigenvalue weighted by atomic mass is 10.2. The van der Waals surface area contributed by atoms with Crippen LogP contribution in [0.5, 0.6) is 0 Å². The van der Waals surface area contributed by atoms with Gasteiger partial charge < -0.3 is 4.74 Å². The first-order valence-corrected chi connectivity index (χ1v) is 5.58. The van der Waals surface area contributed by atoms with Crippen molar-refractivity contribution in [3.05, 3.63) is 0 Å². The molecule has 0 radical (unpaired) electrons. The van der Waals surface area contributed by atoms with Gasteiger partial charge in [0.15, 0.2) is 0 Å². The van der Waals surface area contributed by atoms with Crippen LogP contribution in [0.4, 0.5) is 0 Å². The van der Waals surface area contributed by atoms with Crippen LogP contribution in [0.2, 0.25) is 0 Å². The monoisotopic (exact) mass is 212 g/mol. The van der Waals surface area contributed by atoms with E-state index >= 15 is 0 Å². The molecule has 0 bridgehead atoms. The minimum absolute atomic E-state index is 0.131. The normalized spacial score (nSPS) is 20.5. The van der Waals surface area contributed by atoms with Crippen molar-refractivity contribution in [1.82, 2.24) is 5.32 Å². The van der Waals surface area contributed by atoms with E-state index in [1.54, 1.807) is 0 Å². The first-order chi connectivity index (χ1) is 7.13. The Morgan fingerprint density at radius 2 is 2.40 bits per heavy atom. The summed E-state index contributed by atoms with van der Waals surface area (Å²) in [6.07, 6.45) is 1.39. The van der Waals surface area contributed by atoms with E-state index in [-0.39, 0.29) is 12.1 Å². The zero-order valence-corrected chi connectivity index (χ0v) is 9.75. The zero-order valence-electron chi connectivity index (χ0n) is 9.75. The molecule has 0 aliphatic carbocycles. The Bertz CT molecular complexity index is 249. The minimum atomic E-state index is -0.131. The van der Waals surface area contributed by atoms with Crippen LogP contribution in [-0.4, -0.2) is 31.0 Å². The van der Waals surface area contributed by atoms with E-state index in [1.807, 2.05) is 6.92 Å². The number of carbonyl (C=O) groups is 1. The number of rotatable bonds is 5. The average Bonchev–Trinajstić information content (AvgIpc) is 2.63. The number of nitrogens with one attached hydrogen (secondary N) is 1. The van der Waals surface area contributed by atoms with Crippen LogP contribution in [-0.2, 0) is 9.53 Å². The van der Waals surface area contributed by atoms with Gasteiger partial charge in [-0.15, -0.1) is 0 Å². The van der Waals surface area contributed by atoms with E-state index in [9.17, 15) is 4.79 Å². The van der Waals surface area contributed by atoms with Crippen molar-refractivity contribution in [2.45, 2.75) is 39.8 Å². The molecule has 86 valence electrons. The molecule has 4 nitrogen and oxygen atoms in total. The van der Waals surface area contributed by atoms with Gasteiger partial charge in [0.1, 0.15) is 6.17 Å². The molecule has 4 heteroatoms. The topological polar surface area (TPSA) is 50.7 Å². The zero-order chi connectivity index (χ0) is 11.3. The highest BCUT2D eigenvalue weighted by molar-refractivity contribution is 5.90. The number of hydrogen-bond donors (Lipinski definition) is 1. The largest absolute Gasteiger partial charge is 0.466 e. The minimum Gasteiger partial charge on any atom is -0.466 e. The predicted molar refractivity (Wildman–Crippen MR) is 59.9 cm³/mol. The summed E-state index contributed by atoms with van der Waals surface area (Å²) in [5, 5.41) is 3.31. The van der Waals surface area contributed by atoms with Crippen LogP contribution in [0.25, 0.3) is 0 Å². The van der Waals surface area contributed by atoms with Gasteiger partial charge in [0.25, 0.3) is 0 Å². The highest BCUT2D eigenvalue weighted by Crippen LogP contribution is 2.10. The molecular weight excluding hydrogens is 192 g/mol. The van der Waals surface area contributed by atoms with Crippen LogP contribution in [0, 0.1) is 5.92 Å². The van der Waals surface area contributed by atoms with Crippen LogP contribution >= 0.6 is 0 Å². The van der Waals surface area contributed by atoms with Crippen LogP contribution in [0.1, 0.15) is 33.6 Å². The lowest BCUT2D eigenvalue weighted by Crippen LogP contribution is -2.27. The Labute approximate surface area is 91.1 Å². The summed E-state index contributed by atoms with van der Waals surface area (Å²) in [6, 6.07) is 0. The lowest BCUT2D eigenvalue weighted by Gasteiger charge is -2.10. The van der Waals surface area contributed by atoms with Gasteiger partial charge in [0, 0.05) is 12.3 Å². The Balaban J connectivity index is 2.28. The second kappa shape index (κ2) is 5.85. The summed E-state index contributed by atoms with van der Waals surface area (Å²) < 4.78 is 4.86. The van der Waals surface area contributed by atoms with Crippen molar-refractivity contribution in [3.63, 3.8) is 0 Å². The second-order valence-corrected chi connectivity index (χ2v) is 4.07. The third-order valence-corrected chi connectivity index (χ3v) is 2.39. The third kappa shape index (κ3) is 4.00. The molecule has 0 aromatic carbocycles. The highest BCUT2D eigenvalue weighted by atomic mass is 16.5. The SMILES string of the molecule is CCOC(=O)CCC1=NC(C(C)C)NC1. The first kappa shape index (κ1) is 12.2. The molecule has 1 rings (SSSR count). The number of esters is 1. The Hall–Kier alpha value is -0.900.